The Morgan fingerprint density at radius 2 is 1.89 bits per heavy atom. The lowest BCUT2D eigenvalue weighted by atomic mass is 10.0. The molecule has 0 aliphatic carbocycles. The predicted molar refractivity (Wildman–Crippen MR) is 67.6 cm³/mol. The molecule has 0 aromatic heterocycles. The Kier molecular flexibility index (Phi) is 4.27. The van der Waals surface area contributed by atoms with E-state index in [2.05, 4.69) is 5.32 Å². The van der Waals surface area contributed by atoms with Crippen LogP contribution in [0.3, 0.4) is 0 Å². The average Bonchev–Trinajstić information content (AvgIpc) is 2.83. The van der Waals surface area contributed by atoms with Crippen molar-refractivity contribution in [3.63, 3.8) is 0 Å². The zero-order valence-corrected chi connectivity index (χ0v) is 10.6. The zero-order chi connectivity index (χ0) is 13.9. The Morgan fingerprint density at radius 3 is 2.47 bits per heavy atom. The molecule has 2 rings (SSSR count). The van der Waals surface area contributed by atoms with Crippen molar-refractivity contribution < 1.29 is 17.9 Å². The first kappa shape index (κ1) is 14.1. The monoisotopic (exact) mass is 271 g/mol. The van der Waals surface area contributed by atoms with Crippen molar-refractivity contribution in [3.8, 4) is 0 Å². The van der Waals surface area contributed by atoms with Crippen molar-refractivity contribution in [2.45, 2.75) is 12.3 Å². The van der Waals surface area contributed by atoms with Gasteiger partial charge >= 0.3 is 6.18 Å². The van der Waals surface area contributed by atoms with Crippen LogP contribution >= 0.6 is 0 Å². The van der Waals surface area contributed by atoms with Crippen LogP contribution in [0.5, 0.6) is 0 Å². The van der Waals surface area contributed by atoms with Crippen molar-refractivity contribution in [1.29, 1.82) is 0 Å². The first-order chi connectivity index (χ1) is 9.00. The van der Waals surface area contributed by atoms with Crippen LogP contribution < -0.4 is 5.32 Å². The lowest BCUT2D eigenvalue weighted by Crippen LogP contribution is -2.19. The van der Waals surface area contributed by atoms with Crippen molar-refractivity contribution in [2.75, 3.05) is 20.2 Å². The molecular weight excluding hydrogens is 255 g/mol. The van der Waals surface area contributed by atoms with Gasteiger partial charge in [-0.05, 0) is 17.7 Å². The molecule has 5 heteroatoms. The highest BCUT2D eigenvalue weighted by molar-refractivity contribution is 5.50. The molecule has 2 nitrogen and oxygen atoms in total. The molecule has 1 aliphatic heterocycles. The van der Waals surface area contributed by atoms with E-state index in [9.17, 15) is 13.2 Å². The molecule has 0 saturated carbocycles. The van der Waals surface area contributed by atoms with E-state index in [4.69, 9.17) is 4.74 Å². The third kappa shape index (κ3) is 3.58. The van der Waals surface area contributed by atoms with E-state index >= 15 is 0 Å². The number of benzene rings is 1. The molecule has 0 spiro atoms. The quantitative estimate of drug-likeness (QED) is 0.912. The number of hydrogen-bond donors (Lipinski definition) is 1. The summed E-state index contributed by atoms with van der Waals surface area (Å²) in [6.07, 6.45) is -0.329. The number of nitrogens with one attached hydrogen (secondary N) is 1. The molecule has 1 N–H and O–H groups in total. The van der Waals surface area contributed by atoms with Crippen LogP contribution in [-0.4, -0.2) is 26.3 Å². The minimum absolute atomic E-state index is 0.130. The molecule has 0 bridgehead atoms. The van der Waals surface area contributed by atoms with Gasteiger partial charge < -0.3 is 10.1 Å². The van der Waals surface area contributed by atoms with E-state index in [-0.39, 0.29) is 12.0 Å². The Labute approximate surface area is 110 Å². The maximum absolute atomic E-state index is 12.4. The summed E-state index contributed by atoms with van der Waals surface area (Å²) in [5.41, 5.74) is 0.136. The van der Waals surface area contributed by atoms with Crippen LogP contribution in [0.25, 0.3) is 6.08 Å². The van der Waals surface area contributed by atoms with Gasteiger partial charge in [-0.25, -0.2) is 0 Å². The molecule has 2 unspecified atom stereocenters. The second kappa shape index (κ2) is 5.75. The van der Waals surface area contributed by atoms with Crippen LogP contribution in [0.1, 0.15) is 11.1 Å². The highest BCUT2D eigenvalue weighted by atomic mass is 19.4. The van der Waals surface area contributed by atoms with Crippen LogP contribution in [0.4, 0.5) is 13.2 Å². The smallest absolute Gasteiger partial charge is 0.379 e. The molecule has 1 aromatic carbocycles. The summed E-state index contributed by atoms with van der Waals surface area (Å²) in [5, 5.41) is 3.21. The van der Waals surface area contributed by atoms with E-state index in [0.717, 1.165) is 30.8 Å². The highest BCUT2D eigenvalue weighted by Gasteiger charge is 2.29. The summed E-state index contributed by atoms with van der Waals surface area (Å²) in [6.45, 7) is 1.63. The fraction of sp³-hybridized carbons (Fsp3) is 0.429. The van der Waals surface area contributed by atoms with Gasteiger partial charge in [-0.15, -0.1) is 0 Å². The van der Waals surface area contributed by atoms with Crippen molar-refractivity contribution in [3.05, 3.63) is 41.5 Å². The summed E-state index contributed by atoms with van der Waals surface area (Å²) in [7, 11) is 1.66. The van der Waals surface area contributed by atoms with Crippen LogP contribution in [0.15, 0.2) is 30.3 Å². The molecule has 1 aromatic rings. The Bertz CT molecular complexity index is 439. The fourth-order valence-corrected chi connectivity index (χ4v) is 2.14. The van der Waals surface area contributed by atoms with Gasteiger partial charge in [-0.1, -0.05) is 24.3 Å². The molecular formula is C14H16F3NO. The van der Waals surface area contributed by atoms with E-state index in [1.54, 1.807) is 7.11 Å². The van der Waals surface area contributed by atoms with Crippen molar-refractivity contribution in [2.24, 2.45) is 5.92 Å². The first-order valence-corrected chi connectivity index (χ1v) is 6.09. The summed E-state index contributed by atoms with van der Waals surface area (Å²) in [4.78, 5) is 0. The summed E-state index contributed by atoms with van der Waals surface area (Å²) >= 11 is 0. The normalized spacial score (nSPS) is 24.2. The van der Waals surface area contributed by atoms with Gasteiger partial charge in [0.05, 0.1) is 11.7 Å². The maximum atomic E-state index is 12.4. The molecule has 1 fully saturated rings. The minimum atomic E-state index is -4.28. The van der Waals surface area contributed by atoms with Gasteiger partial charge in [0.25, 0.3) is 0 Å². The van der Waals surface area contributed by atoms with E-state index in [1.807, 2.05) is 12.2 Å². The van der Waals surface area contributed by atoms with Crippen LogP contribution in [0, 0.1) is 5.92 Å². The number of rotatable bonds is 3. The molecule has 0 radical (unpaired) electrons. The molecule has 1 aliphatic rings. The second-order valence-electron chi connectivity index (χ2n) is 4.58. The molecule has 0 amide bonds. The predicted octanol–water partition coefficient (Wildman–Crippen LogP) is 2.95. The number of halogens is 3. The number of methoxy groups -OCH3 is 1. The first-order valence-electron chi connectivity index (χ1n) is 6.09. The van der Waals surface area contributed by atoms with E-state index in [0.29, 0.717) is 0 Å². The molecule has 1 heterocycles. The molecule has 104 valence electrons. The third-order valence-corrected chi connectivity index (χ3v) is 3.28. The largest absolute Gasteiger partial charge is 0.416 e. The minimum Gasteiger partial charge on any atom is -0.379 e. The zero-order valence-electron chi connectivity index (χ0n) is 10.6. The lowest BCUT2D eigenvalue weighted by molar-refractivity contribution is -0.137. The van der Waals surface area contributed by atoms with Gasteiger partial charge in [0.15, 0.2) is 0 Å². The van der Waals surface area contributed by atoms with Crippen molar-refractivity contribution >= 4 is 6.08 Å². The Balaban J connectivity index is 2.03. The van der Waals surface area contributed by atoms with E-state index in [1.165, 1.54) is 12.1 Å². The fourth-order valence-electron chi connectivity index (χ4n) is 2.14. The Morgan fingerprint density at radius 1 is 1.21 bits per heavy atom. The molecule has 1 saturated heterocycles. The maximum Gasteiger partial charge on any atom is 0.416 e. The van der Waals surface area contributed by atoms with Gasteiger partial charge in [0.2, 0.25) is 0 Å². The second-order valence-corrected chi connectivity index (χ2v) is 4.58. The summed E-state index contributed by atoms with van der Waals surface area (Å²) in [6, 6.07) is 5.15. The number of alkyl halides is 3. The summed E-state index contributed by atoms with van der Waals surface area (Å²) in [5.74, 6) is 0.257. The highest BCUT2D eigenvalue weighted by Crippen LogP contribution is 2.29. The van der Waals surface area contributed by atoms with Crippen LogP contribution in [-0.2, 0) is 10.9 Å². The summed E-state index contributed by atoms with van der Waals surface area (Å²) < 4.78 is 42.5. The van der Waals surface area contributed by atoms with Crippen LogP contribution in [0.2, 0.25) is 0 Å². The lowest BCUT2D eigenvalue weighted by Gasteiger charge is -2.12. The number of ether oxygens (including phenoxy) is 1. The van der Waals surface area contributed by atoms with E-state index < -0.39 is 11.7 Å². The standard InChI is InChI=1S/C14H16F3NO/c1-19-13-9-18-8-11(13)5-2-10-3-6-12(7-4-10)14(15,16)17/h2-7,11,13,18H,8-9H2,1H3. The van der Waals surface area contributed by atoms with Gasteiger partial charge in [-0.3, -0.25) is 0 Å². The van der Waals surface area contributed by atoms with Gasteiger partial charge in [0, 0.05) is 26.1 Å². The number of hydrogen-bond acceptors (Lipinski definition) is 2. The topological polar surface area (TPSA) is 21.3 Å². The average molecular weight is 271 g/mol. The van der Waals surface area contributed by atoms with Gasteiger partial charge in [-0.2, -0.15) is 13.2 Å². The third-order valence-electron chi connectivity index (χ3n) is 3.28. The molecule has 19 heavy (non-hydrogen) atoms. The van der Waals surface area contributed by atoms with Gasteiger partial charge in [0.1, 0.15) is 0 Å². The Hall–Kier alpha value is -1.33. The SMILES string of the molecule is COC1CNCC1C=Cc1ccc(C(F)(F)F)cc1. The van der Waals surface area contributed by atoms with Crippen molar-refractivity contribution in [1.82, 2.24) is 5.32 Å². The molecule has 2 atom stereocenters.